The van der Waals surface area contributed by atoms with Crippen LogP contribution >= 0.6 is 15.9 Å². The summed E-state index contributed by atoms with van der Waals surface area (Å²) in [5, 5.41) is 0. The average molecular weight is 246 g/mol. The first-order valence-electron chi connectivity index (χ1n) is 3.98. The summed E-state index contributed by atoms with van der Waals surface area (Å²) in [6.45, 7) is 2.52. The minimum absolute atomic E-state index is 0.0427. The Morgan fingerprint density at radius 1 is 1.54 bits per heavy atom. The number of aromatic nitrogens is 1. The van der Waals surface area contributed by atoms with E-state index in [1.165, 1.54) is 0 Å². The zero-order valence-electron chi connectivity index (χ0n) is 7.66. The van der Waals surface area contributed by atoms with Crippen LogP contribution in [0.2, 0.25) is 0 Å². The molecule has 0 unspecified atom stereocenters. The number of nitrogens with zero attached hydrogens (tertiary/aromatic N) is 1. The van der Waals surface area contributed by atoms with Gasteiger partial charge in [-0.1, -0.05) is 0 Å². The van der Waals surface area contributed by atoms with E-state index in [0.29, 0.717) is 6.61 Å². The minimum atomic E-state index is 0.0427. The number of pyridine rings is 1. The quantitative estimate of drug-likeness (QED) is 0.816. The van der Waals surface area contributed by atoms with Gasteiger partial charge in [0.2, 0.25) is 0 Å². The molecule has 1 atom stereocenters. The van der Waals surface area contributed by atoms with E-state index in [2.05, 4.69) is 20.9 Å². The molecule has 1 heterocycles. The van der Waals surface area contributed by atoms with E-state index >= 15 is 0 Å². The molecule has 0 aliphatic heterocycles. The van der Waals surface area contributed by atoms with Crippen molar-refractivity contribution in [1.82, 2.24) is 4.98 Å². The lowest BCUT2D eigenvalue weighted by Gasteiger charge is -2.12. The second-order valence-corrected chi connectivity index (χ2v) is 3.64. The van der Waals surface area contributed by atoms with Crippen LogP contribution in [-0.4, -0.2) is 24.8 Å². The summed E-state index contributed by atoms with van der Waals surface area (Å²) in [6.07, 6.45) is 3.44. The fraction of sp³-hybridized carbons (Fsp3) is 0.444. The third-order valence-corrected chi connectivity index (χ3v) is 1.85. The van der Waals surface area contributed by atoms with Gasteiger partial charge >= 0.3 is 0 Å². The van der Waals surface area contributed by atoms with Crippen molar-refractivity contribution in [2.75, 3.05) is 13.7 Å². The van der Waals surface area contributed by atoms with Crippen molar-refractivity contribution >= 4 is 15.9 Å². The maximum Gasteiger partial charge on any atom is 0.139 e. The van der Waals surface area contributed by atoms with Crippen molar-refractivity contribution in [3.05, 3.63) is 22.9 Å². The van der Waals surface area contributed by atoms with Crippen LogP contribution in [-0.2, 0) is 4.74 Å². The molecule has 1 aromatic rings. The first-order chi connectivity index (χ1) is 6.22. The summed E-state index contributed by atoms with van der Waals surface area (Å²) >= 11 is 3.32. The van der Waals surface area contributed by atoms with Gasteiger partial charge in [0, 0.05) is 17.8 Å². The molecule has 72 valence electrons. The Labute approximate surface area is 86.2 Å². The van der Waals surface area contributed by atoms with E-state index in [4.69, 9.17) is 9.47 Å². The molecule has 3 nitrogen and oxygen atoms in total. The summed E-state index contributed by atoms with van der Waals surface area (Å²) < 4.78 is 11.4. The van der Waals surface area contributed by atoms with Crippen LogP contribution in [0.3, 0.4) is 0 Å². The lowest BCUT2D eigenvalue weighted by Crippen LogP contribution is -2.17. The van der Waals surface area contributed by atoms with Gasteiger partial charge < -0.3 is 9.47 Å². The molecule has 0 bridgehead atoms. The molecule has 0 N–H and O–H groups in total. The number of methoxy groups -OCH3 is 1. The van der Waals surface area contributed by atoms with Crippen molar-refractivity contribution in [2.45, 2.75) is 13.0 Å². The third kappa shape index (κ3) is 3.74. The molecule has 1 aromatic heterocycles. The van der Waals surface area contributed by atoms with Gasteiger partial charge in [-0.3, -0.25) is 4.98 Å². The average Bonchev–Trinajstić information content (AvgIpc) is 2.04. The standard InChI is InChI=1S/C9H12BrNO2/c1-7(6-12-2)13-9-3-8(10)4-11-5-9/h3-5,7H,6H2,1-2H3/t7-/m0/s1. The predicted molar refractivity (Wildman–Crippen MR) is 53.9 cm³/mol. The van der Waals surface area contributed by atoms with E-state index in [-0.39, 0.29) is 6.10 Å². The summed E-state index contributed by atoms with van der Waals surface area (Å²) in [7, 11) is 1.65. The lowest BCUT2D eigenvalue weighted by molar-refractivity contribution is 0.0918. The van der Waals surface area contributed by atoms with Crippen molar-refractivity contribution in [2.24, 2.45) is 0 Å². The van der Waals surface area contributed by atoms with E-state index in [9.17, 15) is 0 Å². The molecular weight excluding hydrogens is 234 g/mol. The number of rotatable bonds is 4. The van der Waals surface area contributed by atoms with Crippen LogP contribution in [0.15, 0.2) is 22.9 Å². The van der Waals surface area contributed by atoms with Gasteiger partial charge in [-0.25, -0.2) is 0 Å². The van der Waals surface area contributed by atoms with Crippen molar-refractivity contribution in [3.63, 3.8) is 0 Å². The molecule has 0 saturated heterocycles. The molecule has 0 aromatic carbocycles. The number of halogens is 1. The van der Waals surface area contributed by atoms with Crippen molar-refractivity contribution in [3.8, 4) is 5.75 Å². The fourth-order valence-electron chi connectivity index (χ4n) is 0.958. The van der Waals surface area contributed by atoms with Gasteiger partial charge in [0.15, 0.2) is 0 Å². The topological polar surface area (TPSA) is 31.4 Å². The maximum absolute atomic E-state index is 5.52. The summed E-state index contributed by atoms with van der Waals surface area (Å²) in [5.74, 6) is 0.749. The van der Waals surface area contributed by atoms with Gasteiger partial charge in [-0.2, -0.15) is 0 Å². The smallest absolute Gasteiger partial charge is 0.139 e. The Morgan fingerprint density at radius 2 is 2.31 bits per heavy atom. The highest BCUT2D eigenvalue weighted by atomic mass is 79.9. The monoisotopic (exact) mass is 245 g/mol. The Bertz CT molecular complexity index is 268. The van der Waals surface area contributed by atoms with E-state index < -0.39 is 0 Å². The Balaban J connectivity index is 2.53. The van der Waals surface area contributed by atoms with Gasteiger partial charge in [0.05, 0.1) is 12.8 Å². The first-order valence-corrected chi connectivity index (χ1v) is 4.78. The molecular formula is C9H12BrNO2. The third-order valence-electron chi connectivity index (χ3n) is 1.42. The van der Waals surface area contributed by atoms with E-state index in [1.807, 2.05) is 13.0 Å². The largest absolute Gasteiger partial charge is 0.487 e. The zero-order chi connectivity index (χ0) is 9.68. The Morgan fingerprint density at radius 3 is 2.92 bits per heavy atom. The highest BCUT2D eigenvalue weighted by Crippen LogP contribution is 2.16. The highest BCUT2D eigenvalue weighted by Gasteiger charge is 2.03. The van der Waals surface area contributed by atoms with Crippen molar-refractivity contribution in [1.29, 1.82) is 0 Å². The molecule has 0 aliphatic rings. The number of ether oxygens (including phenoxy) is 2. The Kier molecular flexibility index (Phi) is 4.18. The Hall–Kier alpha value is -0.610. The predicted octanol–water partition coefficient (Wildman–Crippen LogP) is 2.26. The highest BCUT2D eigenvalue weighted by molar-refractivity contribution is 9.10. The maximum atomic E-state index is 5.52. The minimum Gasteiger partial charge on any atom is -0.487 e. The summed E-state index contributed by atoms with van der Waals surface area (Å²) in [4.78, 5) is 3.98. The number of hydrogen-bond acceptors (Lipinski definition) is 3. The van der Waals surface area contributed by atoms with Gasteiger partial charge in [-0.05, 0) is 28.9 Å². The molecule has 0 amide bonds. The molecule has 13 heavy (non-hydrogen) atoms. The zero-order valence-corrected chi connectivity index (χ0v) is 9.24. The summed E-state index contributed by atoms with van der Waals surface area (Å²) in [5.41, 5.74) is 0. The molecule has 0 aliphatic carbocycles. The molecule has 0 fully saturated rings. The van der Waals surface area contributed by atoms with E-state index in [1.54, 1.807) is 19.5 Å². The molecule has 1 rings (SSSR count). The van der Waals surface area contributed by atoms with Crippen LogP contribution in [0, 0.1) is 0 Å². The molecule has 4 heteroatoms. The van der Waals surface area contributed by atoms with Gasteiger partial charge in [-0.15, -0.1) is 0 Å². The van der Waals surface area contributed by atoms with Crippen LogP contribution in [0.4, 0.5) is 0 Å². The van der Waals surface area contributed by atoms with Crippen LogP contribution in [0.5, 0.6) is 5.75 Å². The number of hydrogen-bond donors (Lipinski definition) is 0. The fourth-order valence-corrected chi connectivity index (χ4v) is 1.30. The SMILES string of the molecule is COC[C@H](C)Oc1cncc(Br)c1. The van der Waals surface area contributed by atoms with E-state index in [0.717, 1.165) is 10.2 Å². The van der Waals surface area contributed by atoms with Gasteiger partial charge in [0.25, 0.3) is 0 Å². The normalized spacial score (nSPS) is 12.5. The van der Waals surface area contributed by atoms with Crippen LogP contribution in [0.25, 0.3) is 0 Å². The first kappa shape index (κ1) is 10.5. The molecule has 0 saturated carbocycles. The summed E-state index contributed by atoms with van der Waals surface area (Å²) in [6, 6.07) is 1.87. The second-order valence-electron chi connectivity index (χ2n) is 2.72. The van der Waals surface area contributed by atoms with Crippen LogP contribution in [0.1, 0.15) is 6.92 Å². The molecule has 0 spiro atoms. The van der Waals surface area contributed by atoms with Gasteiger partial charge in [0.1, 0.15) is 11.9 Å². The second kappa shape index (κ2) is 5.19. The van der Waals surface area contributed by atoms with Crippen molar-refractivity contribution < 1.29 is 9.47 Å². The lowest BCUT2D eigenvalue weighted by atomic mass is 10.4. The molecule has 0 radical (unpaired) electrons. The van der Waals surface area contributed by atoms with Crippen LogP contribution < -0.4 is 4.74 Å².